The first-order valence-electron chi connectivity index (χ1n) is 7.95. The summed E-state index contributed by atoms with van der Waals surface area (Å²) in [6.45, 7) is 2.36. The number of carbonyl (C=O) groups excluding carboxylic acids is 2. The molecule has 1 atom stereocenters. The van der Waals surface area contributed by atoms with Gasteiger partial charge in [-0.25, -0.2) is 4.79 Å². The number of hydrogen-bond donors (Lipinski definition) is 1. The van der Waals surface area contributed by atoms with Crippen LogP contribution in [0.4, 0.5) is 13.2 Å². The summed E-state index contributed by atoms with van der Waals surface area (Å²) in [7, 11) is 0. The molecule has 0 bridgehead atoms. The molecule has 1 heterocycles. The molecule has 142 valence electrons. The zero-order valence-electron chi connectivity index (χ0n) is 14.3. The minimum Gasteiger partial charge on any atom is -0.461 e. The van der Waals surface area contributed by atoms with Crippen molar-refractivity contribution >= 4 is 18.0 Å². The van der Waals surface area contributed by atoms with E-state index in [1.165, 1.54) is 18.2 Å². The third-order valence-corrected chi connectivity index (χ3v) is 3.88. The highest BCUT2D eigenvalue weighted by atomic mass is 19.4. The number of carbonyl (C=O) groups is 2. The highest BCUT2D eigenvalue weighted by Crippen LogP contribution is 2.34. The molecule has 0 spiro atoms. The number of cyclic esters (lactones) is 1. The van der Waals surface area contributed by atoms with Gasteiger partial charge in [0.25, 0.3) is 0 Å². The van der Waals surface area contributed by atoms with Gasteiger partial charge in [-0.05, 0) is 23.8 Å². The maximum absolute atomic E-state index is 12.8. The lowest BCUT2D eigenvalue weighted by Gasteiger charge is -2.24. The van der Waals surface area contributed by atoms with Gasteiger partial charge in [-0.3, -0.25) is 4.79 Å². The third-order valence-electron chi connectivity index (χ3n) is 3.88. The van der Waals surface area contributed by atoms with Crippen LogP contribution in [-0.2, 0) is 25.2 Å². The van der Waals surface area contributed by atoms with Gasteiger partial charge in [0.05, 0.1) is 18.1 Å². The number of hydrogen-bond acceptors (Lipinski definition) is 5. The molecule has 5 nitrogen and oxygen atoms in total. The fourth-order valence-electron chi connectivity index (χ4n) is 2.42. The molecular formula is C18H19F3O5. The fourth-order valence-corrected chi connectivity index (χ4v) is 2.42. The van der Waals surface area contributed by atoms with Gasteiger partial charge >= 0.3 is 18.1 Å². The third kappa shape index (κ3) is 4.63. The first-order valence-corrected chi connectivity index (χ1v) is 7.95. The standard InChI is InChI=1S/C18H19F3O5/c1-11(2)15(23)25-10-17(9-22)8-13(16(24)26-17)6-12-4-3-5-14(7-12)18(19,20)21/h3-7,11,22H,8-10H2,1-2H3/b13-6-. The average Bonchev–Trinajstić information content (AvgIpc) is 2.88. The molecule has 1 N–H and O–H groups in total. The molecule has 0 aromatic heterocycles. The summed E-state index contributed by atoms with van der Waals surface area (Å²) in [4.78, 5) is 23.6. The van der Waals surface area contributed by atoms with Crippen LogP contribution in [-0.4, -0.2) is 35.9 Å². The topological polar surface area (TPSA) is 72.8 Å². The number of aliphatic hydroxyl groups is 1. The Morgan fingerprint density at radius 3 is 2.69 bits per heavy atom. The van der Waals surface area contributed by atoms with E-state index < -0.39 is 35.9 Å². The van der Waals surface area contributed by atoms with Crippen molar-refractivity contribution in [1.29, 1.82) is 0 Å². The van der Waals surface area contributed by atoms with Crippen LogP contribution in [0.3, 0.4) is 0 Å². The van der Waals surface area contributed by atoms with E-state index in [9.17, 15) is 27.9 Å². The SMILES string of the molecule is CC(C)C(=O)OCC1(CO)C/C(=C/c2cccc(C(F)(F)F)c2)C(=O)O1. The Morgan fingerprint density at radius 2 is 2.12 bits per heavy atom. The van der Waals surface area contributed by atoms with E-state index in [4.69, 9.17) is 9.47 Å². The minimum atomic E-state index is -4.50. The molecule has 0 saturated carbocycles. The lowest BCUT2D eigenvalue weighted by molar-refractivity contribution is -0.168. The molecule has 0 amide bonds. The van der Waals surface area contributed by atoms with Crippen molar-refractivity contribution in [2.24, 2.45) is 5.92 Å². The molecule has 8 heteroatoms. The van der Waals surface area contributed by atoms with Crippen molar-refractivity contribution in [2.75, 3.05) is 13.2 Å². The van der Waals surface area contributed by atoms with E-state index in [-0.39, 0.29) is 30.1 Å². The summed E-state index contributed by atoms with van der Waals surface area (Å²) in [6.07, 6.45) is -3.30. The molecule has 1 fully saturated rings. The largest absolute Gasteiger partial charge is 0.461 e. The van der Waals surface area contributed by atoms with Crippen molar-refractivity contribution in [2.45, 2.75) is 32.0 Å². The van der Waals surface area contributed by atoms with Crippen LogP contribution in [0.1, 0.15) is 31.4 Å². The van der Waals surface area contributed by atoms with Crippen LogP contribution in [0, 0.1) is 5.92 Å². The molecule has 2 rings (SSSR count). The highest BCUT2D eigenvalue weighted by molar-refractivity contribution is 5.96. The highest BCUT2D eigenvalue weighted by Gasteiger charge is 2.44. The molecule has 1 aliphatic heterocycles. The molecule has 1 aliphatic rings. The summed E-state index contributed by atoms with van der Waals surface area (Å²) in [6, 6.07) is 4.50. The molecule has 1 aromatic rings. The van der Waals surface area contributed by atoms with E-state index >= 15 is 0 Å². The van der Waals surface area contributed by atoms with E-state index in [1.54, 1.807) is 13.8 Å². The Kier molecular flexibility index (Phi) is 5.75. The number of aliphatic hydroxyl groups excluding tert-OH is 1. The molecule has 0 aliphatic carbocycles. The second-order valence-electron chi connectivity index (χ2n) is 6.46. The zero-order chi connectivity index (χ0) is 19.5. The van der Waals surface area contributed by atoms with Gasteiger partial charge in [-0.2, -0.15) is 13.2 Å². The summed E-state index contributed by atoms with van der Waals surface area (Å²) in [5, 5.41) is 9.58. The molecular weight excluding hydrogens is 353 g/mol. The lowest BCUT2D eigenvalue weighted by Crippen LogP contribution is -2.39. The van der Waals surface area contributed by atoms with E-state index in [0.717, 1.165) is 12.1 Å². The molecule has 0 radical (unpaired) electrons. The summed E-state index contributed by atoms with van der Waals surface area (Å²) >= 11 is 0. The van der Waals surface area contributed by atoms with Crippen molar-refractivity contribution in [3.05, 3.63) is 41.0 Å². The number of ether oxygens (including phenoxy) is 2. The molecule has 1 saturated heterocycles. The Morgan fingerprint density at radius 1 is 1.42 bits per heavy atom. The minimum absolute atomic E-state index is 0.0794. The van der Waals surface area contributed by atoms with Crippen LogP contribution < -0.4 is 0 Å². The fraction of sp³-hybridized carbons (Fsp3) is 0.444. The number of alkyl halides is 3. The van der Waals surface area contributed by atoms with Gasteiger partial charge in [-0.1, -0.05) is 26.0 Å². The number of esters is 2. The molecule has 1 unspecified atom stereocenters. The number of rotatable bonds is 5. The van der Waals surface area contributed by atoms with E-state index in [1.807, 2.05) is 0 Å². The molecule has 26 heavy (non-hydrogen) atoms. The predicted molar refractivity (Wildman–Crippen MR) is 85.7 cm³/mol. The van der Waals surface area contributed by atoms with Crippen LogP contribution in [0.15, 0.2) is 29.8 Å². The van der Waals surface area contributed by atoms with Gasteiger partial charge in [0.15, 0.2) is 5.60 Å². The van der Waals surface area contributed by atoms with Gasteiger partial charge in [0, 0.05) is 12.0 Å². The van der Waals surface area contributed by atoms with Crippen molar-refractivity contribution in [3.63, 3.8) is 0 Å². The maximum Gasteiger partial charge on any atom is 0.416 e. The Labute approximate surface area is 148 Å². The zero-order valence-corrected chi connectivity index (χ0v) is 14.3. The number of benzene rings is 1. The number of halogens is 3. The average molecular weight is 372 g/mol. The van der Waals surface area contributed by atoms with Crippen molar-refractivity contribution in [1.82, 2.24) is 0 Å². The summed E-state index contributed by atoms with van der Waals surface area (Å²) in [5.41, 5.74) is -1.98. The second kappa shape index (κ2) is 7.49. The van der Waals surface area contributed by atoms with Crippen LogP contribution >= 0.6 is 0 Å². The summed E-state index contributed by atoms with van der Waals surface area (Å²) in [5.74, 6) is -1.66. The lowest BCUT2D eigenvalue weighted by atomic mass is 9.97. The Hall–Kier alpha value is -2.35. The van der Waals surface area contributed by atoms with Gasteiger partial charge in [0.1, 0.15) is 6.61 Å². The van der Waals surface area contributed by atoms with Gasteiger partial charge in [0.2, 0.25) is 0 Å². The van der Waals surface area contributed by atoms with Crippen molar-refractivity contribution in [3.8, 4) is 0 Å². The maximum atomic E-state index is 12.8. The van der Waals surface area contributed by atoms with E-state index in [2.05, 4.69) is 0 Å². The van der Waals surface area contributed by atoms with Crippen LogP contribution in [0.2, 0.25) is 0 Å². The second-order valence-corrected chi connectivity index (χ2v) is 6.46. The normalized spacial score (nSPS) is 22.0. The van der Waals surface area contributed by atoms with Crippen LogP contribution in [0.5, 0.6) is 0 Å². The Bertz CT molecular complexity index is 724. The molecule has 1 aromatic carbocycles. The smallest absolute Gasteiger partial charge is 0.416 e. The Balaban J connectivity index is 2.20. The van der Waals surface area contributed by atoms with Gasteiger partial charge < -0.3 is 14.6 Å². The first-order chi connectivity index (χ1) is 12.1. The summed E-state index contributed by atoms with van der Waals surface area (Å²) < 4.78 is 48.5. The predicted octanol–water partition coefficient (Wildman–Crippen LogP) is 2.97. The van der Waals surface area contributed by atoms with E-state index in [0.29, 0.717) is 0 Å². The van der Waals surface area contributed by atoms with Crippen LogP contribution in [0.25, 0.3) is 6.08 Å². The van der Waals surface area contributed by atoms with Gasteiger partial charge in [-0.15, -0.1) is 0 Å². The quantitative estimate of drug-likeness (QED) is 0.636. The monoisotopic (exact) mass is 372 g/mol. The first kappa shape index (κ1) is 20.0. The van der Waals surface area contributed by atoms with Crippen molar-refractivity contribution < 1.29 is 37.3 Å².